The van der Waals surface area contributed by atoms with Crippen molar-refractivity contribution in [2.45, 2.75) is 34.1 Å². The third-order valence-corrected chi connectivity index (χ3v) is 6.18. The molecule has 0 radical (unpaired) electrons. The lowest BCUT2D eigenvalue weighted by atomic mass is 9.87. The highest BCUT2D eigenvalue weighted by Crippen LogP contribution is 2.38. The summed E-state index contributed by atoms with van der Waals surface area (Å²) >= 11 is 0. The molecule has 5 rings (SSSR count). The van der Waals surface area contributed by atoms with Crippen molar-refractivity contribution in [3.8, 4) is 0 Å². The Bertz CT molecular complexity index is 1700. The molecule has 0 saturated heterocycles. The number of furan rings is 1. The van der Waals surface area contributed by atoms with E-state index in [1.54, 1.807) is 6.08 Å². The molecular weight excluding hydrogens is 426 g/mol. The summed E-state index contributed by atoms with van der Waals surface area (Å²) in [5, 5.41) is 12.3. The van der Waals surface area contributed by atoms with Gasteiger partial charge in [0.2, 0.25) is 0 Å². The molecule has 0 atom stereocenters. The second-order valence-corrected chi connectivity index (χ2v) is 10.0. The molecule has 2 nitrogen and oxygen atoms in total. The Hall–Kier alpha value is -3.91. The smallest absolute Gasteiger partial charge is 0.142 e. The van der Waals surface area contributed by atoms with Gasteiger partial charge in [0.1, 0.15) is 11.2 Å². The molecule has 2 heteroatoms. The van der Waals surface area contributed by atoms with Gasteiger partial charge in [0.25, 0.3) is 0 Å². The Morgan fingerprint density at radius 1 is 0.914 bits per heavy atom. The summed E-state index contributed by atoms with van der Waals surface area (Å²) in [6.07, 6.45) is 3.67. The van der Waals surface area contributed by atoms with Crippen LogP contribution in [0.2, 0.25) is 0 Å². The first-order valence-electron chi connectivity index (χ1n) is 12.9. The lowest BCUT2D eigenvalue weighted by Crippen LogP contribution is -2.08. The Kier molecular flexibility index (Phi) is 5.28. The zero-order valence-corrected chi connectivity index (χ0v) is 20.6. The molecule has 5 aromatic rings. The van der Waals surface area contributed by atoms with Crippen molar-refractivity contribution in [2.24, 2.45) is 5.41 Å². The van der Waals surface area contributed by atoms with Crippen molar-refractivity contribution < 1.29 is 7.16 Å². The van der Waals surface area contributed by atoms with Crippen LogP contribution in [-0.4, -0.2) is 6.21 Å². The minimum Gasteiger partial charge on any atom is -0.455 e. The first-order chi connectivity index (χ1) is 17.6. The lowest BCUT2D eigenvalue weighted by molar-refractivity contribution is 0.411. The van der Waals surface area contributed by atoms with Crippen LogP contribution in [0.25, 0.3) is 43.9 Å². The number of rotatable bonds is 5. The highest BCUT2D eigenvalue weighted by Gasteiger charge is 2.15. The van der Waals surface area contributed by atoms with Crippen LogP contribution in [0.5, 0.6) is 0 Å². The quantitative estimate of drug-likeness (QED) is 0.206. The van der Waals surface area contributed by atoms with Crippen LogP contribution in [0, 0.1) is 10.8 Å². The van der Waals surface area contributed by atoms with E-state index in [1.807, 2.05) is 51.1 Å². The third kappa shape index (κ3) is 4.57. The first-order valence-corrected chi connectivity index (χ1v) is 11.9. The average molecular weight is 460 g/mol. The number of hydrogen-bond donors (Lipinski definition) is 1. The summed E-state index contributed by atoms with van der Waals surface area (Å²) in [6.45, 7) is 7.79. The van der Waals surface area contributed by atoms with Gasteiger partial charge in [-0.2, -0.15) is 0 Å². The number of benzene rings is 4. The summed E-state index contributed by atoms with van der Waals surface area (Å²) in [7, 11) is 0. The van der Waals surface area contributed by atoms with Crippen molar-refractivity contribution in [2.75, 3.05) is 0 Å². The number of para-hydroxylation sites is 1. The van der Waals surface area contributed by atoms with E-state index < -0.39 is 11.8 Å². The topological polar surface area (TPSA) is 37.0 Å². The second kappa shape index (κ2) is 9.03. The molecule has 0 saturated carbocycles. The van der Waals surface area contributed by atoms with Crippen molar-refractivity contribution in [3.05, 3.63) is 108 Å². The molecule has 0 aliphatic rings. The standard InChI is InChI=1S/C33H31NO/c1-22(20-26(18-19-34)24-14-12-23(13-15-24)21-33(2,3)4)27-10-7-11-29-31-28-9-6-5-8-25(28)16-17-30(31)35-32(27)29/h5-20,34H,21H2,1-4H3/b22-20+,26-18+,34-19?/i21D2. The minimum atomic E-state index is -1.45. The van der Waals surface area contributed by atoms with Gasteiger partial charge in [-0.1, -0.05) is 99.6 Å². The predicted octanol–water partition coefficient (Wildman–Crippen LogP) is 9.46. The summed E-state index contributed by atoms with van der Waals surface area (Å²) in [5.41, 5.74) is 5.70. The Morgan fingerprint density at radius 2 is 1.66 bits per heavy atom. The van der Waals surface area contributed by atoms with Gasteiger partial charge < -0.3 is 9.83 Å². The Labute approximate surface area is 209 Å². The molecule has 0 aliphatic carbocycles. The molecule has 1 heterocycles. The molecule has 0 aliphatic heterocycles. The fourth-order valence-electron chi connectivity index (χ4n) is 4.69. The highest BCUT2D eigenvalue weighted by molar-refractivity contribution is 6.20. The van der Waals surface area contributed by atoms with Crippen molar-refractivity contribution in [3.63, 3.8) is 0 Å². The molecule has 174 valence electrons. The molecule has 1 aromatic heterocycles. The predicted molar refractivity (Wildman–Crippen MR) is 151 cm³/mol. The van der Waals surface area contributed by atoms with Gasteiger partial charge in [-0.25, -0.2) is 0 Å². The monoisotopic (exact) mass is 459 g/mol. The van der Waals surface area contributed by atoms with E-state index in [9.17, 15) is 0 Å². The molecule has 0 fully saturated rings. The summed E-state index contributed by atoms with van der Waals surface area (Å²) in [5.74, 6) is 0. The maximum absolute atomic E-state index is 8.57. The van der Waals surface area contributed by atoms with Gasteiger partial charge >= 0.3 is 0 Å². The SMILES string of the molecule is [2H]C([2H])(c1ccc(C(=C/C=N)/C=C(\C)c2cccc3c2oc2ccc4ccccc4c23)cc1)C(C)(C)C. The maximum Gasteiger partial charge on any atom is 0.142 e. The van der Waals surface area contributed by atoms with E-state index in [0.717, 1.165) is 44.2 Å². The van der Waals surface area contributed by atoms with E-state index in [-0.39, 0.29) is 0 Å². The zero-order chi connectivity index (χ0) is 26.4. The zero-order valence-electron chi connectivity index (χ0n) is 22.6. The van der Waals surface area contributed by atoms with Crippen molar-refractivity contribution >= 4 is 50.1 Å². The molecule has 0 spiro atoms. The normalized spacial score (nSPS) is 14.4. The summed E-state index contributed by atoms with van der Waals surface area (Å²) in [4.78, 5) is 0. The third-order valence-electron chi connectivity index (χ3n) is 6.18. The van der Waals surface area contributed by atoms with E-state index >= 15 is 0 Å². The molecule has 0 bridgehead atoms. The van der Waals surface area contributed by atoms with Crippen LogP contribution >= 0.6 is 0 Å². The van der Waals surface area contributed by atoms with Crippen LogP contribution in [-0.2, 0) is 6.37 Å². The second-order valence-electron chi connectivity index (χ2n) is 10.0. The van der Waals surface area contributed by atoms with Crippen LogP contribution < -0.4 is 0 Å². The number of fused-ring (bicyclic) bond motifs is 5. The number of allylic oxidation sites excluding steroid dienone is 4. The van der Waals surface area contributed by atoms with E-state index in [0.29, 0.717) is 5.56 Å². The largest absolute Gasteiger partial charge is 0.455 e. The van der Waals surface area contributed by atoms with Gasteiger partial charge in [-0.15, -0.1) is 0 Å². The van der Waals surface area contributed by atoms with Gasteiger partial charge in [-0.3, -0.25) is 0 Å². The van der Waals surface area contributed by atoms with Crippen LogP contribution in [0.4, 0.5) is 0 Å². The number of nitrogens with one attached hydrogen (secondary N) is 1. The summed E-state index contributed by atoms with van der Waals surface area (Å²) in [6, 6.07) is 26.3. The average Bonchev–Trinajstić information content (AvgIpc) is 3.27. The Morgan fingerprint density at radius 3 is 2.40 bits per heavy atom. The van der Waals surface area contributed by atoms with Crippen molar-refractivity contribution in [1.82, 2.24) is 0 Å². The molecule has 1 N–H and O–H groups in total. The highest BCUT2D eigenvalue weighted by atomic mass is 16.3. The first kappa shape index (κ1) is 20.5. The minimum absolute atomic E-state index is 0.519. The molecular formula is C33H31NO. The van der Waals surface area contributed by atoms with E-state index in [2.05, 4.69) is 61.5 Å². The van der Waals surface area contributed by atoms with Gasteiger partial charge in [0.15, 0.2) is 0 Å². The van der Waals surface area contributed by atoms with E-state index in [1.165, 1.54) is 17.0 Å². The van der Waals surface area contributed by atoms with Crippen LogP contribution in [0.3, 0.4) is 0 Å². The molecule has 35 heavy (non-hydrogen) atoms. The molecule has 0 unspecified atom stereocenters. The van der Waals surface area contributed by atoms with Crippen LogP contribution in [0.15, 0.2) is 95.4 Å². The number of hydrogen-bond acceptors (Lipinski definition) is 2. The molecule has 4 aromatic carbocycles. The summed E-state index contributed by atoms with van der Waals surface area (Å²) < 4.78 is 23.5. The fourth-order valence-corrected chi connectivity index (χ4v) is 4.69. The lowest BCUT2D eigenvalue weighted by Gasteiger charge is -2.18. The van der Waals surface area contributed by atoms with Gasteiger partial charge in [0, 0.05) is 25.3 Å². The van der Waals surface area contributed by atoms with E-state index in [4.69, 9.17) is 12.6 Å². The molecule has 0 amide bonds. The fraction of sp³-hybridized carbons (Fsp3) is 0.182. The van der Waals surface area contributed by atoms with Gasteiger partial charge in [-0.05, 0) is 63.9 Å². The Balaban J connectivity index is 1.59. The maximum atomic E-state index is 8.57. The van der Waals surface area contributed by atoms with Crippen LogP contribution in [0.1, 0.15) is 47.1 Å². The van der Waals surface area contributed by atoms with Crippen molar-refractivity contribution in [1.29, 1.82) is 5.41 Å². The van der Waals surface area contributed by atoms with Gasteiger partial charge in [0.05, 0.1) is 0 Å².